The summed E-state index contributed by atoms with van der Waals surface area (Å²) in [7, 11) is 4.57. The molecule has 0 saturated carbocycles. The summed E-state index contributed by atoms with van der Waals surface area (Å²) in [6, 6.07) is 7.20. The first-order chi connectivity index (χ1) is 9.21. The minimum atomic E-state index is -0.327. The Kier molecular flexibility index (Phi) is 6.74. The highest BCUT2D eigenvalue weighted by Gasteiger charge is 2.19. The summed E-state index contributed by atoms with van der Waals surface area (Å²) in [6.45, 7) is 0.758. The van der Waals surface area contributed by atoms with Crippen molar-refractivity contribution in [1.82, 2.24) is 0 Å². The van der Waals surface area contributed by atoms with E-state index in [9.17, 15) is 4.79 Å². The number of carbonyl (C=O) groups is 1. The van der Waals surface area contributed by atoms with E-state index in [0.717, 1.165) is 5.75 Å². The van der Waals surface area contributed by atoms with E-state index in [2.05, 4.69) is 0 Å². The summed E-state index contributed by atoms with van der Waals surface area (Å²) in [5.41, 5.74) is 0. The molecule has 5 nitrogen and oxygen atoms in total. The van der Waals surface area contributed by atoms with E-state index in [0.29, 0.717) is 18.8 Å². The van der Waals surface area contributed by atoms with Crippen LogP contribution >= 0.6 is 0 Å². The summed E-state index contributed by atoms with van der Waals surface area (Å²) >= 11 is 0. The molecule has 0 aliphatic heterocycles. The number of methoxy groups -OCH3 is 3. The third kappa shape index (κ3) is 5.18. The molecule has 0 aromatic heterocycles. The first kappa shape index (κ1) is 15.3. The van der Waals surface area contributed by atoms with Gasteiger partial charge in [-0.1, -0.05) is 0 Å². The number of ether oxygens (including phenoxy) is 4. The Balaban J connectivity index is 2.51. The number of hydrogen-bond acceptors (Lipinski definition) is 5. The average Bonchev–Trinajstić information content (AvgIpc) is 2.47. The molecule has 1 aromatic rings. The minimum absolute atomic E-state index is 0.266. The maximum Gasteiger partial charge on any atom is 0.312 e. The second-order valence-corrected chi connectivity index (χ2v) is 3.99. The molecule has 1 unspecified atom stereocenters. The van der Waals surface area contributed by atoms with E-state index >= 15 is 0 Å². The molecule has 0 amide bonds. The third-order valence-electron chi connectivity index (χ3n) is 2.72. The fourth-order valence-corrected chi connectivity index (χ4v) is 1.56. The Labute approximate surface area is 113 Å². The van der Waals surface area contributed by atoms with Crippen LogP contribution in [0.5, 0.6) is 11.5 Å². The summed E-state index contributed by atoms with van der Waals surface area (Å²) < 4.78 is 20.3. The number of rotatable bonds is 8. The summed E-state index contributed by atoms with van der Waals surface area (Å²) in [4.78, 5) is 11.6. The van der Waals surface area contributed by atoms with Crippen LogP contribution < -0.4 is 9.47 Å². The van der Waals surface area contributed by atoms with Gasteiger partial charge in [-0.3, -0.25) is 4.79 Å². The normalized spacial score (nSPS) is 11.7. The molecule has 1 rings (SSSR count). The Morgan fingerprint density at radius 2 is 1.74 bits per heavy atom. The van der Waals surface area contributed by atoms with Crippen LogP contribution in [0, 0.1) is 5.92 Å². The van der Waals surface area contributed by atoms with Crippen LogP contribution in [0.15, 0.2) is 24.3 Å². The Morgan fingerprint density at radius 3 is 2.26 bits per heavy atom. The van der Waals surface area contributed by atoms with E-state index in [1.165, 1.54) is 7.11 Å². The monoisotopic (exact) mass is 268 g/mol. The van der Waals surface area contributed by atoms with Gasteiger partial charge in [-0.15, -0.1) is 0 Å². The lowest BCUT2D eigenvalue weighted by atomic mass is 10.1. The molecule has 106 valence electrons. The zero-order valence-corrected chi connectivity index (χ0v) is 11.5. The highest BCUT2D eigenvalue weighted by Crippen LogP contribution is 2.18. The van der Waals surface area contributed by atoms with Crippen molar-refractivity contribution in [1.29, 1.82) is 0 Å². The molecule has 1 atom stereocenters. The number of hydrogen-bond donors (Lipinski definition) is 0. The Hall–Kier alpha value is -1.75. The van der Waals surface area contributed by atoms with Gasteiger partial charge in [0.1, 0.15) is 18.1 Å². The van der Waals surface area contributed by atoms with Crippen molar-refractivity contribution in [2.75, 3.05) is 34.5 Å². The number of benzene rings is 1. The van der Waals surface area contributed by atoms with Crippen molar-refractivity contribution < 1.29 is 23.7 Å². The molecule has 0 aliphatic carbocycles. The SMILES string of the molecule is COCCC(COc1ccc(OC)cc1)C(=O)OC. The van der Waals surface area contributed by atoms with Gasteiger partial charge in [0.15, 0.2) is 0 Å². The van der Waals surface area contributed by atoms with Gasteiger partial charge >= 0.3 is 5.97 Å². The van der Waals surface area contributed by atoms with Crippen LogP contribution in [-0.4, -0.2) is 40.5 Å². The maximum atomic E-state index is 11.6. The van der Waals surface area contributed by atoms with E-state index in [1.54, 1.807) is 38.5 Å². The molecule has 0 fully saturated rings. The highest BCUT2D eigenvalue weighted by molar-refractivity contribution is 5.72. The first-order valence-corrected chi connectivity index (χ1v) is 6.05. The predicted octanol–water partition coefficient (Wildman–Crippen LogP) is 1.90. The molecule has 19 heavy (non-hydrogen) atoms. The lowest BCUT2D eigenvalue weighted by Gasteiger charge is -2.15. The molecule has 0 aliphatic rings. The minimum Gasteiger partial charge on any atom is -0.497 e. The van der Waals surface area contributed by atoms with Crippen molar-refractivity contribution in [3.63, 3.8) is 0 Å². The van der Waals surface area contributed by atoms with Gasteiger partial charge in [0.05, 0.1) is 20.1 Å². The molecule has 5 heteroatoms. The van der Waals surface area contributed by atoms with Crippen LogP contribution in [0.2, 0.25) is 0 Å². The molecular formula is C14H20O5. The van der Waals surface area contributed by atoms with Gasteiger partial charge in [-0.25, -0.2) is 0 Å². The zero-order chi connectivity index (χ0) is 14.1. The third-order valence-corrected chi connectivity index (χ3v) is 2.72. The molecule has 0 saturated heterocycles. The van der Waals surface area contributed by atoms with Gasteiger partial charge in [-0.2, -0.15) is 0 Å². The largest absolute Gasteiger partial charge is 0.497 e. The standard InChI is InChI=1S/C14H20O5/c1-16-9-8-11(14(15)18-3)10-19-13-6-4-12(17-2)5-7-13/h4-7,11H,8-10H2,1-3H3. The number of carbonyl (C=O) groups excluding carboxylic acids is 1. The van der Waals surface area contributed by atoms with Crippen LogP contribution in [-0.2, 0) is 14.3 Å². The quantitative estimate of drug-likeness (QED) is 0.674. The average molecular weight is 268 g/mol. The molecule has 0 N–H and O–H groups in total. The number of esters is 1. The lowest BCUT2D eigenvalue weighted by molar-refractivity contribution is -0.147. The van der Waals surface area contributed by atoms with Gasteiger partial charge in [0.25, 0.3) is 0 Å². The van der Waals surface area contributed by atoms with Crippen LogP contribution in [0.3, 0.4) is 0 Å². The lowest BCUT2D eigenvalue weighted by Crippen LogP contribution is -2.24. The van der Waals surface area contributed by atoms with Crippen LogP contribution in [0.1, 0.15) is 6.42 Å². The Morgan fingerprint density at radius 1 is 1.11 bits per heavy atom. The zero-order valence-electron chi connectivity index (χ0n) is 11.5. The van der Waals surface area contributed by atoms with E-state index < -0.39 is 0 Å². The Bertz CT molecular complexity index is 374. The van der Waals surface area contributed by atoms with Crippen molar-refractivity contribution >= 4 is 5.97 Å². The fourth-order valence-electron chi connectivity index (χ4n) is 1.56. The first-order valence-electron chi connectivity index (χ1n) is 6.05. The van der Waals surface area contributed by atoms with E-state index in [-0.39, 0.29) is 18.5 Å². The summed E-state index contributed by atoms with van der Waals surface area (Å²) in [5, 5.41) is 0. The maximum absolute atomic E-state index is 11.6. The summed E-state index contributed by atoms with van der Waals surface area (Å²) in [6.07, 6.45) is 0.569. The molecule has 0 radical (unpaired) electrons. The predicted molar refractivity (Wildman–Crippen MR) is 70.5 cm³/mol. The smallest absolute Gasteiger partial charge is 0.312 e. The van der Waals surface area contributed by atoms with Crippen molar-refractivity contribution in [3.05, 3.63) is 24.3 Å². The molecule has 0 spiro atoms. The highest BCUT2D eigenvalue weighted by atomic mass is 16.5. The molecule has 0 heterocycles. The molecule has 1 aromatic carbocycles. The van der Waals surface area contributed by atoms with Crippen molar-refractivity contribution in [3.8, 4) is 11.5 Å². The van der Waals surface area contributed by atoms with Crippen LogP contribution in [0.4, 0.5) is 0 Å². The van der Waals surface area contributed by atoms with E-state index in [1.807, 2.05) is 0 Å². The molecule has 0 bridgehead atoms. The van der Waals surface area contributed by atoms with Gasteiger partial charge in [0, 0.05) is 13.7 Å². The fraction of sp³-hybridized carbons (Fsp3) is 0.500. The van der Waals surface area contributed by atoms with Crippen molar-refractivity contribution in [2.24, 2.45) is 5.92 Å². The van der Waals surface area contributed by atoms with Gasteiger partial charge in [-0.05, 0) is 30.7 Å². The summed E-state index contributed by atoms with van der Waals surface area (Å²) in [5.74, 6) is 0.834. The molecular weight excluding hydrogens is 248 g/mol. The van der Waals surface area contributed by atoms with Crippen molar-refractivity contribution in [2.45, 2.75) is 6.42 Å². The second kappa shape index (κ2) is 8.37. The second-order valence-electron chi connectivity index (χ2n) is 3.99. The topological polar surface area (TPSA) is 54.0 Å². The van der Waals surface area contributed by atoms with Gasteiger partial charge < -0.3 is 18.9 Å². The van der Waals surface area contributed by atoms with Gasteiger partial charge in [0.2, 0.25) is 0 Å². The van der Waals surface area contributed by atoms with E-state index in [4.69, 9.17) is 18.9 Å². The van der Waals surface area contributed by atoms with Crippen LogP contribution in [0.25, 0.3) is 0 Å².